The maximum Gasteiger partial charge on any atom is 0.274 e. The average molecular weight is 437 g/mol. The Balaban J connectivity index is 1.50. The van der Waals surface area contributed by atoms with Crippen LogP contribution in [0.15, 0.2) is 47.4 Å². The quantitative estimate of drug-likeness (QED) is 0.797. The number of aromatic nitrogens is 1. The summed E-state index contributed by atoms with van der Waals surface area (Å²) in [6.45, 7) is 1.65. The van der Waals surface area contributed by atoms with Crippen molar-refractivity contribution >= 4 is 29.1 Å². The number of likely N-dealkylation sites (tertiary alicyclic amines) is 1. The zero-order valence-corrected chi connectivity index (χ0v) is 18.3. The Hall–Kier alpha value is -3.42. The number of amides is 3. The number of para-hydroxylation sites is 1. The van der Waals surface area contributed by atoms with Gasteiger partial charge in [0.15, 0.2) is 0 Å². The van der Waals surface area contributed by atoms with Crippen LogP contribution in [0.3, 0.4) is 0 Å². The van der Waals surface area contributed by atoms with Crippen molar-refractivity contribution in [2.75, 3.05) is 29.9 Å². The molecule has 1 N–H and O–H groups in total. The Kier molecular flexibility index (Phi) is 6.39. The first-order valence-corrected chi connectivity index (χ1v) is 11.1. The molecule has 2 fully saturated rings. The van der Waals surface area contributed by atoms with E-state index in [0.29, 0.717) is 18.7 Å². The normalized spacial score (nSPS) is 19.0. The van der Waals surface area contributed by atoms with Crippen LogP contribution in [0.2, 0.25) is 0 Å². The third-order valence-corrected chi connectivity index (χ3v) is 6.15. The predicted molar refractivity (Wildman–Crippen MR) is 122 cm³/mol. The van der Waals surface area contributed by atoms with E-state index in [2.05, 4.69) is 5.32 Å². The highest BCUT2D eigenvalue weighted by atomic mass is 16.2. The number of hydrogen-bond donors (Lipinski definition) is 1. The molecule has 0 spiro atoms. The molecule has 168 valence electrons. The summed E-state index contributed by atoms with van der Waals surface area (Å²) >= 11 is 0. The van der Waals surface area contributed by atoms with Crippen LogP contribution in [-0.4, -0.2) is 46.8 Å². The van der Waals surface area contributed by atoms with E-state index in [0.717, 1.165) is 31.4 Å². The van der Waals surface area contributed by atoms with Crippen molar-refractivity contribution in [1.29, 1.82) is 0 Å². The Morgan fingerprint density at radius 3 is 2.38 bits per heavy atom. The van der Waals surface area contributed by atoms with E-state index in [-0.39, 0.29) is 30.5 Å². The van der Waals surface area contributed by atoms with Gasteiger partial charge in [0.1, 0.15) is 5.69 Å². The van der Waals surface area contributed by atoms with Crippen molar-refractivity contribution < 1.29 is 14.4 Å². The molecule has 3 amide bonds. The molecule has 0 radical (unpaired) electrons. The van der Waals surface area contributed by atoms with Gasteiger partial charge in [-0.15, -0.1) is 0 Å². The second kappa shape index (κ2) is 9.38. The zero-order valence-electron chi connectivity index (χ0n) is 18.3. The summed E-state index contributed by atoms with van der Waals surface area (Å²) in [6.07, 6.45) is 5.75. The van der Waals surface area contributed by atoms with Gasteiger partial charge in [-0.1, -0.05) is 31.0 Å². The standard InChI is InChI=1S/C24H28N4O4/c1-26-15-18(23(31)27-11-7-2-3-8-12-27)13-20(24(26)32)25-22(30)17-14-21(29)28(16-17)19-9-5-4-6-10-19/h4-6,9-10,13,15,17H,2-3,7-8,11-12,14,16H2,1H3,(H,25,30). The minimum atomic E-state index is -0.572. The van der Waals surface area contributed by atoms with E-state index in [4.69, 9.17) is 0 Å². The molecule has 2 aromatic rings. The fourth-order valence-corrected chi connectivity index (χ4v) is 4.35. The SMILES string of the molecule is Cn1cc(C(=O)N2CCCCCC2)cc(NC(=O)C2CC(=O)N(c3ccccc3)C2)c1=O. The molecule has 0 bridgehead atoms. The third-order valence-electron chi connectivity index (χ3n) is 6.15. The molecule has 8 nitrogen and oxygen atoms in total. The lowest BCUT2D eigenvalue weighted by Crippen LogP contribution is -2.34. The van der Waals surface area contributed by atoms with Gasteiger partial charge >= 0.3 is 0 Å². The highest BCUT2D eigenvalue weighted by Gasteiger charge is 2.35. The van der Waals surface area contributed by atoms with E-state index in [1.165, 1.54) is 16.8 Å². The van der Waals surface area contributed by atoms with Crippen LogP contribution in [0.1, 0.15) is 42.5 Å². The molecule has 0 aliphatic carbocycles. The number of carbonyl (C=O) groups is 3. The number of carbonyl (C=O) groups excluding carboxylic acids is 3. The van der Waals surface area contributed by atoms with Gasteiger partial charge < -0.3 is 19.7 Å². The molecule has 1 aromatic carbocycles. The Morgan fingerprint density at radius 2 is 1.69 bits per heavy atom. The summed E-state index contributed by atoms with van der Waals surface area (Å²) < 4.78 is 1.32. The van der Waals surface area contributed by atoms with Crippen LogP contribution in [0.4, 0.5) is 11.4 Å². The van der Waals surface area contributed by atoms with Gasteiger partial charge in [0.05, 0.1) is 11.5 Å². The first-order chi connectivity index (χ1) is 15.4. The number of nitrogens with zero attached hydrogens (tertiary/aromatic N) is 3. The van der Waals surface area contributed by atoms with Crippen LogP contribution in [0, 0.1) is 5.92 Å². The second-order valence-electron chi connectivity index (χ2n) is 8.50. The summed E-state index contributed by atoms with van der Waals surface area (Å²) in [7, 11) is 1.56. The molecule has 1 unspecified atom stereocenters. The lowest BCUT2D eigenvalue weighted by atomic mass is 10.1. The molecule has 3 heterocycles. The fourth-order valence-electron chi connectivity index (χ4n) is 4.35. The molecule has 32 heavy (non-hydrogen) atoms. The molecule has 1 atom stereocenters. The Bertz CT molecular complexity index is 1070. The van der Waals surface area contributed by atoms with Crippen molar-refractivity contribution in [3.63, 3.8) is 0 Å². The van der Waals surface area contributed by atoms with Crippen molar-refractivity contribution in [3.8, 4) is 0 Å². The summed E-state index contributed by atoms with van der Waals surface area (Å²) in [4.78, 5) is 54.4. The van der Waals surface area contributed by atoms with Crippen LogP contribution in [-0.2, 0) is 16.6 Å². The van der Waals surface area contributed by atoms with Gasteiger partial charge in [-0.05, 0) is 31.0 Å². The maximum absolute atomic E-state index is 13.0. The van der Waals surface area contributed by atoms with Gasteiger partial charge in [-0.3, -0.25) is 19.2 Å². The number of nitrogens with one attached hydrogen (secondary N) is 1. The first-order valence-electron chi connectivity index (χ1n) is 11.1. The number of anilines is 2. The predicted octanol–water partition coefficient (Wildman–Crippen LogP) is 2.39. The lowest BCUT2D eigenvalue weighted by Gasteiger charge is -2.21. The number of aryl methyl sites for hydroxylation is 1. The molecular weight excluding hydrogens is 408 g/mol. The highest BCUT2D eigenvalue weighted by Crippen LogP contribution is 2.25. The Labute approximate surface area is 186 Å². The van der Waals surface area contributed by atoms with Crippen molar-refractivity contribution in [2.24, 2.45) is 13.0 Å². The fraction of sp³-hybridized carbons (Fsp3) is 0.417. The molecule has 2 saturated heterocycles. The molecule has 0 saturated carbocycles. The van der Waals surface area contributed by atoms with E-state index in [9.17, 15) is 19.2 Å². The minimum absolute atomic E-state index is 0.0591. The molecule has 1 aromatic heterocycles. The average Bonchev–Trinajstić information content (AvgIpc) is 3.00. The lowest BCUT2D eigenvalue weighted by molar-refractivity contribution is -0.122. The zero-order chi connectivity index (χ0) is 22.7. The van der Waals surface area contributed by atoms with Gasteiger partial charge in [-0.2, -0.15) is 0 Å². The maximum atomic E-state index is 13.0. The van der Waals surface area contributed by atoms with E-state index >= 15 is 0 Å². The van der Waals surface area contributed by atoms with Crippen molar-refractivity contribution in [1.82, 2.24) is 9.47 Å². The van der Waals surface area contributed by atoms with Crippen molar-refractivity contribution in [3.05, 3.63) is 58.5 Å². The summed E-state index contributed by atoms with van der Waals surface area (Å²) in [5.41, 5.74) is 0.783. The van der Waals surface area contributed by atoms with E-state index in [1.54, 1.807) is 11.9 Å². The van der Waals surface area contributed by atoms with Crippen LogP contribution in [0.25, 0.3) is 0 Å². The molecular formula is C24H28N4O4. The summed E-state index contributed by atoms with van der Waals surface area (Å²) in [5.74, 6) is -1.23. The largest absolute Gasteiger partial charge is 0.339 e. The molecule has 2 aliphatic heterocycles. The number of pyridine rings is 1. The van der Waals surface area contributed by atoms with Gasteiger partial charge in [-0.25, -0.2) is 0 Å². The first kappa shape index (κ1) is 21.8. The van der Waals surface area contributed by atoms with Gasteiger partial charge in [0.2, 0.25) is 11.8 Å². The van der Waals surface area contributed by atoms with E-state index < -0.39 is 17.4 Å². The smallest absolute Gasteiger partial charge is 0.274 e. The summed E-state index contributed by atoms with van der Waals surface area (Å²) in [5, 5.41) is 2.67. The number of hydrogen-bond acceptors (Lipinski definition) is 4. The number of benzene rings is 1. The van der Waals surface area contributed by atoms with Crippen molar-refractivity contribution in [2.45, 2.75) is 32.1 Å². The third kappa shape index (κ3) is 4.59. The highest BCUT2D eigenvalue weighted by molar-refractivity contribution is 6.04. The van der Waals surface area contributed by atoms with Gasteiger partial charge in [0.25, 0.3) is 11.5 Å². The minimum Gasteiger partial charge on any atom is -0.339 e. The molecule has 2 aliphatic rings. The van der Waals surface area contributed by atoms with Gasteiger partial charge in [0, 0.05) is 45.0 Å². The number of rotatable bonds is 4. The molecule has 4 rings (SSSR count). The summed E-state index contributed by atoms with van der Waals surface area (Å²) in [6, 6.07) is 10.7. The second-order valence-corrected chi connectivity index (χ2v) is 8.50. The van der Waals surface area contributed by atoms with Crippen LogP contribution >= 0.6 is 0 Å². The monoisotopic (exact) mass is 436 g/mol. The molecule has 8 heteroatoms. The topological polar surface area (TPSA) is 91.7 Å². The Morgan fingerprint density at radius 1 is 1.00 bits per heavy atom. The van der Waals surface area contributed by atoms with Crippen LogP contribution < -0.4 is 15.8 Å². The van der Waals surface area contributed by atoms with Crippen LogP contribution in [0.5, 0.6) is 0 Å². The van der Waals surface area contributed by atoms with E-state index in [1.807, 2.05) is 35.2 Å².